The summed E-state index contributed by atoms with van der Waals surface area (Å²) in [6.07, 6.45) is 0. The van der Waals surface area contributed by atoms with Crippen molar-refractivity contribution in [3.63, 3.8) is 0 Å². The predicted molar refractivity (Wildman–Crippen MR) is 122 cm³/mol. The fraction of sp³-hybridized carbons (Fsp3) is 0.333. The van der Waals surface area contributed by atoms with Gasteiger partial charge in [-0.1, -0.05) is 12.1 Å². The summed E-state index contributed by atoms with van der Waals surface area (Å²) in [5, 5.41) is 3.09. The van der Waals surface area contributed by atoms with Crippen LogP contribution >= 0.6 is 0 Å². The number of amidine groups is 1. The number of guanidine groups is 1. The molecule has 1 heterocycles. The Morgan fingerprint density at radius 2 is 1.77 bits per heavy atom. The van der Waals surface area contributed by atoms with Gasteiger partial charge in [0.25, 0.3) is 10.0 Å². The lowest BCUT2D eigenvalue weighted by molar-refractivity contribution is 0.354. The van der Waals surface area contributed by atoms with Crippen LogP contribution in [-0.4, -0.2) is 65.4 Å². The van der Waals surface area contributed by atoms with Gasteiger partial charge in [-0.2, -0.15) is 8.42 Å². The molecular formula is C21H27N5O4S. The lowest BCUT2D eigenvalue weighted by Crippen LogP contribution is -2.36. The van der Waals surface area contributed by atoms with Gasteiger partial charge in [-0.05, 0) is 24.6 Å². The molecule has 0 fully saturated rings. The molecule has 0 aliphatic carbocycles. The fourth-order valence-corrected chi connectivity index (χ4v) is 4.16. The average Bonchev–Trinajstić information content (AvgIpc) is 2.72. The van der Waals surface area contributed by atoms with Crippen molar-refractivity contribution in [3.8, 4) is 11.5 Å². The average molecular weight is 446 g/mol. The maximum absolute atomic E-state index is 12.8. The number of rotatable bonds is 5. The third-order valence-electron chi connectivity index (χ3n) is 4.85. The molecule has 2 aromatic carbocycles. The van der Waals surface area contributed by atoms with E-state index in [1.807, 2.05) is 50.2 Å². The van der Waals surface area contributed by atoms with Crippen molar-refractivity contribution < 1.29 is 17.9 Å². The van der Waals surface area contributed by atoms with Gasteiger partial charge in [0.1, 0.15) is 10.7 Å². The smallest absolute Gasteiger partial charge is 0.287 e. The molecule has 31 heavy (non-hydrogen) atoms. The Hall–Kier alpha value is -3.27. The maximum atomic E-state index is 12.8. The van der Waals surface area contributed by atoms with E-state index in [4.69, 9.17) is 9.47 Å². The van der Waals surface area contributed by atoms with Crippen molar-refractivity contribution in [3.05, 3.63) is 42.0 Å². The lowest BCUT2D eigenvalue weighted by Gasteiger charge is -2.26. The van der Waals surface area contributed by atoms with Gasteiger partial charge in [-0.3, -0.25) is 0 Å². The van der Waals surface area contributed by atoms with Crippen LogP contribution in [-0.2, 0) is 16.6 Å². The number of nitrogens with zero attached hydrogens (tertiary/aromatic N) is 4. The minimum Gasteiger partial charge on any atom is -0.493 e. The summed E-state index contributed by atoms with van der Waals surface area (Å²) in [6, 6.07) is 10.8. The highest BCUT2D eigenvalue weighted by atomic mass is 32.2. The summed E-state index contributed by atoms with van der Waals surface area (Å²) in [5.41, 5.74) is 2.18. The van der Waals surface area contributed by atoms with Crippen molar-refractivity contribution in [2.45, 2.75) is 18.4 Å². The van der Waals surface area contributed by atoms with Gasteiger partial charge in [0.15, 0.2) is 11.5 Å². The van der Waals surface area contributed by atoms with E-state index in [0.717, 1.165) is 17.1 Å². The number of sulfonamides is 1. The van der Waals surface area contributed by atoms with Crippen molar-refractivity contribution in [2.75, 3.05) is 40.7 Å². The van der Waals surface area contributed by atoms with Crippen LogP contribution in [0.4, 0.5) is 11.4 Å². The normalized spacial score (nSPS) is 14.8. The largest absolute Gasteiger partial charge is 0.493 e. The van der Waals surface area contributed by atoms with Gasteiger partial charge in [0.2, 0.25) is 5.96 Å². The molecule has 1 N–H and O–H groups in total. The fourth-order valence-electron chi connectivity index (χ4n) is 3.00. The summed E-state index contributed by atoms with van der Waals surface area (Å²) in [7, 11) is 4.69. The SMILES string of the molecule is COc1cc2c(cc1OC)S(=O)(=O)N=C(N(C)Cc1cccc(/N=C(/C)N(C)C)c1)N2. The monoisotopic (exact) mass is 445 g/mol. The Morgan fingerprint density at radius 3 is 2.42 bits per heavy atom. The Labute approximate surface area is 183 Å². The van der Waals surface area contributed by atoms with Crippen LogP contribution in [0.15, 0.2) is 50.7 Å². The van der Waals surface area contributed by atoms with E-state index < -0.39 is 10.0 Å². The number of aliphatic imine (C=N–C) groups is 1. The molecule has 0 bridgehead atoms. The number of nitrogens with one attached hydrogen (secondary N) is 1. The van der Waals surface area contributed by atoms with Crippen LogP contribution in [0.3, 0.4) is 0 Å². The molecule has 10 heteroatoms. The van der Waals surface area contributed by atoms with Crippen molar-refractivity contribution in [1.82, 2.24) is 9.80 Å². The van der Waals surface area contributed by atoms with Crippen LogP contribution < -0.4 is 14.8 Å². The second-order valence-electron chi connectivity index (χ2n) is 7.30. The third kappa shape index (κ3) is 4.91. The lowest BCUT2D eigenvalue weighted by atomic mass is 10.2. The molecule has 0 amide bonds. The Morgan fingerprint density at radius 1 is 1.10 bits per heavy atom. The second-order valence-corrected chi connectivity index (χ2v) is 8.87. The highest BCUT2D eigenvalue weighted by molar-refractivity contribution is 7.90. The van der Waals surface area contributed by atoms with E-state index in [2.05, 4.69) is 14.7 Å². The first-order valence-corrected chi connectivity index (χ1v) is 11.0. The van der Waals surface area contributed by atoms with Crippen LogP contribution in [0.1, 0.15) is 12.5 Å². The maximum Gasteiger partial charge on any atom is 0.287 e. The third-order valence-corrected chi connectivity index (χ3v) is 6.15. The molecule has 1 aliphatic rings. The Kier molecular flexibility index (Phi) is 6.40. The van der Waals surface area contributed by atoms with Crippen molar-refractivity contribution in [2.24, 2.45) is 9.39 Å². The molecule has 3 rings (SSSR count). The van der Waals surface area contributed by atoms with E-state index in [-0.39, 0.29) is 10.9 Å². The van der Waals surface area contributed by atoms with Crippen LogP contribution in [0.25, 0.3) is 0 Å². The predicted octanol–water partition coefficient (Wildman–Crippen LogP) is 2.92. The van der Waals surface area contributed by atoms with Gasteiger partial charge in [0.05, 0.1) is 25.6 Å². The van der Waals surface area contributed by atoms with Crippen molar-refractivity contribution in [1.29, 1.82) is 0 Å². The molecule has 0 spiro atoms. The van der Waals surface area contributed by atoms with E-state index in [1.54, 1.807) is 18.0 Å². The molecule has 0 aromatic heterocycles. The topological polar surface area (TPSA) is 95.8 Å². The van der Waals surface area contributed by atoms with Crippen molar-refractivity contribution >= 4 is 33.2 Å². The minimum atomic E-state index is -3.90. The van der Waals surface area contributed by atoms with E-state index in [9.17, 15) is 8.42 Å². The van der Waals surface area contributed by atoms with Gasteiger partial charge in [0, 0.05) is 39.8 Å². The van der Waals surface area contributed by atoms with Crippen LogP contribution in [0.5, 0.6) is 11.5 Å². The first kappa shape index (κ1) is 22.4. The number of methoxy groups -OCH3 is 2. The highest BCUT2D eigenvalue weighted by Crippen LogP contribution is 2.38. The molecule has 9 nitrogen and oxygen atoms in total. The Balaban J connectivity index is 1.87. The molecular weight excluding hydrogens is 418 g/mol. The number of hydrogen-bond donors (Lipinski definition) is 1. The summed E-state index contributed by atoms with van der Waals surface area (Å²) in [5.74, 6) is 1.85. The minimum absolute atomic E-state index is 0.0396. The van der Waals surface area contributed by atoms with E-state index in [0.29, 0.717) is 23.7 Å². The zero-order chi connectivity index (χ0) is 22.8. The quantitative estimate of drug-likeness (QED) is 0.558. The first-order chi connectivity index (χ1) is 14.6. The summed E-state index contributed by atoms with van der Waals surface area (Å²) in [4.78, 5) is 8.29. The molecule has 1 aliphatic heterocycles. The Bertz CT molecular complexity index is 1140. The van der Waals surface area contributed by atoms with E-state index in [1.165, 1.54) is 20.3 Å². The second kappa shape index (κ2) is 8.84. The zero-order valence-corrected chi connectivity index (χ0v) is 19.3. The number of fused-ring (bicyclic) bond motifs is 1. The first-order valence-electron chi connectivity index (χ1n) is 9.55. The molecule has 0 unspecified atom stereocenters. The van der Waals surface area contributed by atoms with Gasteiger partial charge in [-0.25, -0.2) is 4.99 Å². The van der Waals surface area contributed by atoms with Crippen LogP contribution in [0, 0.1) is 0 Å². The standard InChI is InChI=1S/C21H27N5O4S/c1-14(25(2)3)22-16-9-7-8-15(10-16)13-26(4)21-23-17-11-18(29-5)19(30-6)12-20(17)31(27,28)24-21/h7-12H,13H2,1-6H3,(H,23,24)/b22-14-. The van der Waals surface area contributed by atoms with E-state index >= 15 is 0 Å². The summed E-state index contributed by atoms with van der Waals surface area (Å²) in [6.45, 7) is 2.37. The molecule has 0 radical (unpaired) electrons. The zero-order valence-electron chi connectivity index (χ0n) is 18.5. The summed E-state index contributed by atoms with van der Waals surface area (Å²) >= 11 is 0. The summed E-state index contributed by atoms with van der Waals surface area (Å²) < 4.78 is 40.0. The van der Waals surface area contributed by atoms with Crippen LogP contribution in [0.2, 0.25) is 0 Å². The molecule has 0 saturated carbocycles. The molecule has 2 aromatic rings. The number of hydrogen-bond acceptors (Lipinski definition) is 7. The highest BCUT2D eigenvalue weighted by Gasteiger charge is 2.29. The number of ether oxygens (including phenoxy) is 2. The van der Waals surface area contributed by atoms with Gasteiger partial charge < -0.3 is 24.6 Å². The molecule has 0 saturated heterocycles. The molecule has 0 atom stereocenters. The van der Waals surface area contributed by atoms with Gasteiger partial charge >= 0.3 is 0 Å². The molecule has 166 valence electrons. The number of benzene rings is 2. The number of anilines is 1. The van der Waals surface area contributed by atoms with Gasteiger partial charge in [-0.15, -0.1) is 4.40 Å².